The molecule has 9 heteroatoms. The first kappa shape index (κ1) is 18.2. The van der Waals surface area contributed by atoms with Crippen molar-refractivity contribution in [2.24, 2.45) is 0 Å². The average molecular weight is 395 g/mol. The minimum absolute atomic E-state index is 0.0348. The molecule has 1 unspecified atom stereocenters. The summed E-state index contributed by atoms with van der Waals surface area (Å²) in [5, 5.41) is 12.3. The van der Waals surface area contributed by atoms with Crippen LogP contribution in [-0.2, 0) is 0 Å². The molecule has 2 N–H and O–H groups in total. The molecule has 27 heavy (non-hydrogen) atoms. The molecule has 6 nitrogen and oxygen atoms in total. The number of nitrogens with zero attached hydrogens (tertiary/aromatic N) is 2. The van der Waals surface area contributed by atoms with E-state index in [9.17, 15) is 23.5 Å². The Balaban J connectivity index is 1.94. The van der Waals surface area contributed by atoms with Crippen LogP contribution in [0.2, 0.25) is 0 Å². The van der Waals surface area contributed by atoms with Crippen LogP contribution in [0, 0.1) is 5.82 Å². The van der Waals surface area contributed by atoms with Gasteiger partial charge in [-0.1, -0.05) is 11.8 Å². The van der Waals surface area contributed by atoms with Gasteiger partial charge in [0.25, 0.3) is 0 Å². The van der Waals surface area contributed by atoms with Gasteiger partial charge in [-0.15, -0.1) is 0 Å². The molecule has 4 rings (SSSR count). The van der Waals surface area contributed by atoms with Crippen LogP contribution in [0.4, 0.5) is 14.5 Å². The van der Waals surface area contributed by atoms with E-state index in [1.807, 2.05) is 18.7 Å². The first-order valence-electron chi connectivity index (χ1n) is 8.70. The Morgan fingerprint density at radius 1 is 1.33 bits per heavy atom. The van der Waals surface area contributed by atoms with Crippen LogP contribution in [0.15, 0.2) is 22.0 Å². The molecule has 3 atom stereocenters. The lowest BCUT2D eigenvalue weighted by molar-refractivity contribution is 0.0689. The maximum atomic E-state index is 14.9. The lowest BCUT2D eigenvalue weighted by atomic mass is 10.1. The summed E-state index contributed by atoms with van der Waals surface area (Å²) in [5.74, 6) is -1.97. The van der Waals surface area contributed by atoms with Crippen molar-refractivity contribution in [2.75, 3.05) is 24.7 Å². The smallest absolute Gasteiger partial charge is 0.342 e. The third-order valence-electron chi connectivity index (χ3n) is 5.01. The highest BCUT2D eigenvalue weighted by molar-refractivity contribution is 8.00. The van der Waals surface area contributed by atoms with E-state index < -0.39 is 34.8 Å². The fourth-order valence-corrected chi connectivity index (χ4v) is 5.10. The van der Waals surface area contributed by atoms with E-state index in [-0.39, 0.29) is 22.5 Å². The van der Waals surface area contributed by atoms with Crippen molar-refractivity contribution in [3.8, 4) is 0 Å². The Kier molecular flexibility index (Phi) is 4.38. The van der Waals surface area contributed by atoms with Gasteiger partial charge in [-0.3, -0.25) is 4.79 Å². The molecule has 2 aromatic rings. The fourth-order valence-electron chi connectivity index (χ4n) is 3.98. The number of aromatic nitrogens is 1. The lowest BCUT2D eigenvalue weighted by Gasteiger charge is -2.38. The number of benzene rings is 1. The number of thioether (sulfide) groups is 1. The molecule has 1 aromatic carbocycles. The summed E-state index contributed by atoms with van der Waals surface area (Å²) in [6, 6.07) is 2.97. The van der Waals surface area contributed by atoms with E-state index >= 15 is 0 Å². The minimum atomic E-state index is -1.38. The number of hydrogen-bond acceptors (Lipinski definition) is 5. The van der Waals surface area contributed by atoms with Crippen LogP contribution < -0.4 is 15.6 Å². The first-order chi connectivity index (χ1) is 12.8. The second-order valence-corrected chi connectivity index (χ2v) is 8.27. The predicted molar refractivity (Wildman–Crippen MR) is 100 cm³/mol. The Labute approximate surface area is 158 Å². The van der Waals surface area contributed by atoms with Gasteiger partial charge in [-0.05, 0) is 26.0 Å². The van der Waals surface area contributed by atoms with Crippen molar-refractivity contribution < 1.29 is 18.7 Å². The molecule has 0 amide bonds. The highest BCUT2D eigenvalue weighted by atomic mass is 32.2. The Bertz CT molecular complexity index is 1000. The number of pyridine rings is 1. The number of anilines is 1. The Morgan fingerprint density at radius 3 is 2.59 bits per heavy atom. The fraction of sp³-hybridized carbons (Fsp3) is 0.444. The van der Waals surface area contributed by atoms with E-state index in [1.54, 1.807) is 6.07 Å². The second-order valence-electron chi connectivity index (χ2n) is 7.11. The molecule has 0 bridgehead atoms. The number of carboxylic acids is 1. The number of alkyl halides is 1. The zero-order chi connectivity index (χ0) is 19.5. The molecule has 1 fully saturated rings. The highest BCUT2D eigenvalue weighted by Crippen LogP contribution is 2.47. The lowest BCUT2D eigenvalue weighted by Crippen LogP contribution is -2.54. The van der Waals surface area contributed by atoms with Crippen molar-refractivity contribution in [1.29, 1.82) is 0 Å². The minimum Gasteiger partial charge on any atom is -0.477 e. The van der Waals surface area contributed by atoms with Crippen LogP contribution >= 0.6 is 11.8 Å². The molecule has 1 aromatic heterocycles. The van der Waals surface area contributed by atoms with Gasteiger partial charge in [-0.2, -0.15) is 0 Å². The van der Waals surface area contributed by atoms with Crippen molar-refractivity contribution in [3.63, 3.8) is 0 Å². The number of halogens is 2. The summed E-state index contributed by atoms with van der Waals surface area (Å²) < 4.78 is 29.7. The molecular formula is C18H19F2N3O3S. The van der Waals surface area contributed by atoms with Crippen LogP contribution in [0.3, 0.4) is 0 Å². The number of carboxylic acid groups (broad SMARTS) is 1. The first-order valence-corrected chi connectivity index (χ1v) is 9.58. The third kappa shape index (κ3) is 2.80. The van der Waals surface area contributed by atoms with E-state index in [4.69, 9.17) is 0 Å². The maximum Gasteiger partial charge on any atom is 0.342 e. The van der Waals surface area contributed by atoms with Gasteiger partial charge in [0.05, 0.1) is 16.2 Å². The van der Waals surface area contributed by atoms with Crippen LogP contribution in [0.1, 0.15) is 29.6 Å². The Morgan fingerprint density at radius 2 is 2.00 bits per heavy atom. The standard InChI is InChI=1S/C18H19F2N3O3S/c1-8-6-22(7-9(2)21-8)13-4-12-10(3-11(13)20)16(24)15(18(25)26)17-23(12)14(5-19)27-17/h3-4,8-9,14,21H,5-7H2,1-2H3,(H,25,26)/t8-,9+,14?. The summed E-state index contributed by atoms with van der Waals surface area (Å²) in [7, 11) is 0. The van der Waals surface area contributed by atoms with Crippen molar-refractivity contribution in [2.45, 2.75) is 36.3 Å². The SMILES string of the molecule is C[C@@H]1CN(c2cc3c(cc2F)c(=O)c(C(=O)O)c2n3C(CF)S2)C[C@H](C)N1. The molecule has 0 saturated carbocycles. The summed E-state index contributed by atoms with van der Waals surface area (Å²) in [5.41, 5.74) is -0.444. The molecule has 1 saturated heterocycles. The van der Waals surface area contributed by atoms with E-state index in [0.29, 0.717) is 24.3 Å². The summed E-state index contributed by atoms with van der Waals surface area (Å²) in [6.07, 6.45) is 0. The molecule has 2 aliphatic rings. The zero-order valence-corrected chi connectivity index (χ0v) is 15.6. The molecule has 2 aliphatic heterocycles. The molecule has 3 heterocycles. The van der Waals surface area contributed by atoms with Crippen molar-refractivity contribution in [1.82, 2.24) is 9.88 Å². The highest BCUT2D eigenvalue weighted by Gasteiger charge is 2.36. The number of hydrogen-bond donors (Lipinski definition) is 2. The largest absolute Gasteiger partial charge is 0.477 e. The van der Waals surface area contributed by atoms with Gasteiger partial charge in [-0.25, -0.2) is 13.6 Å². The van der Waals surface area contributed by atoms with Crippen LogP contribution in [0.5, 0.6) is 0 Å². The molecule has 0 radical (unpaired) electrons. The van der Waals surface area contributed by atoms with E-state index in [1.165, 1.54) is 4.57 Å². The van der Waals surface area contributed by atoms with Gasteiger partial charge in [0.1, 0.15) is 23.4 Å². The summed E-state index contributed by atoms with van der Waals surface area (Å²) in [4.78, 5) is 26.0. The topological polar surface area (TPSA) is 74.6 Å². The number of aromatic carboxylic acids is 1. The number of rotatable bonds is 3. The molecule has 0 aliphatic carbocycles. The molecular weight excluding hydrogens is 376 g/mol. The van der Waals surface area contributed by atoms with E-state index in [2.05, 4.69) is 5.32 Å². The Hall–Kier alpha value is -2.13. The number of carbonyl (C=O) groups is 1. The van der Waals surface area contributed by atoms with Gasteiger partial charge in [0.15, 0.2) is 0 Å². The number of fused-ring (bicyclic) bond motifs is 3. The number of nitrogens with one attached hydrogen (secondary N) is 1. The predicted octanol–water partition coefficient (Wildman–Crippen LogP) is 2.60. The van der Waals surface area contributed by atoms with Crippen LogP contribution in [-0.4, -0.2) is 47.5 Å². The zero-order valence-electron chi connectivity index (χ0n) is 14.8. The van der Waals surface area contributed by atoms with Crippen molar-refractivity contribution >= 4 is 34.3 Å². The quantitative estimate of drug-likeness (QED) is 0.832. The average Bonchev–Trinajstić information content (AvgIpc) is 2.56. The van der Waals surface area contributed by atoms with E-state index in [0.717, 1.165) is 17.8 Å². The maximum absolute atomic E-state index is 14.9. The normalized spacial score (nSPS) is 24.6. The van der Waals surface area contributed by atoms with Crippen molar-refractivity contribution in [3.05, 3.63) is 33.7 Å². The van der Waals surface area contributed by atoms with Crippen LogP contribution in [0.25, 0.3) is 10.9 Å². The summed E-state index contributed by atoms with van der Waals surface area (Å²) >= 11 is 1.02. The van der Waals surface area contributed by atoms with Gasteiger partial charge < -0.3 is 19.9 Å². The monoisotopic (exact) mass is 395 g/mol. The number of piperazine rings is 1. The van der Waals surface area contributed by atoms with Gasteiger partial charge >= 0.3 is 5.97 Å². The third-order valence-corrected chi connectivity index (χ3v) is 6.24. The molecule has 144 valence electrons. The molecule has 0 spiro atoms. The van der Waals surface area contributed by atoms with Gasteiger partial charge in [0.2, 0.25) is 5.43 Å². The summed E-state index contributed by atoms with van der Waals surface area (Å²) in [6.45, 7) is 4.50. The van der Waals surface area contributed by atoms with Gasteiger partial charge in [0, 0.05) is 30.6 Å². The second kappa shape index (κ2) is 6.49.